The quantitative estimate of drug-likeness (QED) is 0.606. The zero-order chi connectivity index (χ0) is 17.6. The van der Waals surface area contributed by atoms with Crippen LogP contribution in [-0.2, 0) is 16.6 Å². The van der Waals surface area contributed by atoms with Gasteiger partial charge in [-0.05, 0) is 36.8 Å². The van der Waals surface area contributed by atoms with E-state index in [-0.39, 0.29) is 4.90 Å². The van der Waals surface area contributed by atoms with E-state index in [9.17, 15) is 8.42 Å². The fourth-order valence-corrected chi connectivity index (χ4v) is 3.35. The van der Waals surface area contributed by atoms with E-state index in [0.29, 0.717) is 12.2 Å². The Hall–Kier alpha value is -2.84. The van der Waals surface area contributed by atoms with Gasteiger partial charge < -0.3 is 4.57 Å². The minimum atomic E-state index is -3.68. The Morgan fingerprint density at radius 2 is 1.84 bits per heavy atom. The largest absolute Gasteiger partial charge is 0.325 e. The third-order valence-electron chi connectivity index (χ3n) is 4.05. The molecule has 0 radical (unpaired) electrons. The lowest BCUT2D eigenvalue weighted by atomic mass is 10.2. The van der Waals surface area contributed by atoms with Crippen molar-refractivity contribution in [3.63, 3.8) is 0 Å². The molecule has 3 aromatic heterocycles. The highest BCUT2D eigenvalue weighted by molar-refractivity contribution is 7.89. The molecule has 4 rings (SSSR count). The highest BCUT2D eigenvalue weighted by atomic mass is 32.2. The van der Waals surface area contributed by atoms with E-state index in [4.69, 9.17) is 5.14 Å². The molecule has 4 aromatic rings. The van der Waals surface area contributed by atoms with E-state index in [1.165, 1.54) is 12.1 Å². The molecule has 0 aliphatic carbocycles. The summed E-state index contributed by atoms with van der Waals surface area (Å²) >= 11 is 0. The average Bonchev–Trinajstić information content (AvgIpc) is 2.97. The smallest absolute Gasteiger partial charge is 0.238 e. The van der Waals surface area contributed by atoms with Crippen molar-refractivity contribution in [1.82, 2.24) is 19.5 Å². The number of rotatable bonds is 3. The predicted molar refractivity (Wildman–Crippen MR) is 94.5 cm³/mol. The first-order chi connectivity index (χ1) is 11.9. The number of benzene rings is 1. The Balaban J connectivity index is 1.79. The second kappa shape index (κ2) is 5.61. The Labute approximate surface area is 144 Å². The van der Waals surface area contributed by atoms with Crippen molar-refractivity contribution in [3.05, 3.63) is 60.2 Å². The Morgan fingerprint density at radius 3 is 2.56 bits per heavy atom. The van der Waals surface area contributed by atoms with Crippen molar-refractivity contribution in [1.29, 1.82) is 0 Å². The molecule has 0 fully saturated rings. The highest BCUT2D eigenvalue weighted by Crippen LogP contribution is 2.23. The molecule has 0 atom stereocenters. The summed E-state index contributed by atoms with van der Waals surface area (Å²) in [5, 5.41) is 6.07. The maximum atomic E-state index is 11.4. The van der Waals surface area contributed by atoms with E-state index in [0.717, 1.165) is 27.7 Å². The van der Waals surface area contributed by atoms with Crippen LogP contribution in [0.1, 0.15) is 11.3 Å². The molecule has 0 amide bonds. The number of fused-ring (bicyclic) bond motifs is 3. The van der Waals surface area contributed by atoms with Crippen LogP contribution >= 0.6 is 0 Å². The monoisotopic (exact) mass is 353 g/mol. The lowest BCUT2D eigenvalue weighted by Gasteiger charge is -2.07. The third-order valence-corrected chi connectivity index (χ3v) is 4.98. The zero-order valence-corrected chi connectivity index (χ0v) is 14.2. The van der Waals surface area contributed by atoms with Gasteiger partial charge in [0.2, 0.25) is 10.0 Å². The van der Waals surface area contributed by atoms with Gasteiger partial charge in [-0.3, -0.25) is 0 Å². The van der Waals surface area contributed by atoms with E-state index >= 15 is 0 Å². The number of aromatic nitrogens is 4. The van der Waals surface area contributed by atoms with Crippen molar-refractivity contribution in [2.45, 2.75) is 18.4 Å². The number of primary sulfonamides is 1. The van der Waals surface area contributed by atoms with E-state index < -0.39 is 10.0 Å². The summed E-state index contributed by atoms with van der Waals surface area (Å²) in [5.41, 5.74) is 4.27. The highest BCUT2D eigenvalue weighted by Gasteiger charge is 2.11. The van der Waals surface area contributed by atoms with E-state index in [1.54, 1.807) is 24.7 Å². The van der Waals surface area contributed by atoms with Crippen molar-refractivity contribution in [3.8, 4) is 0 Å². The van der Waals surface area contributed by atoms with Gasteiger partial charge in [0.25, 0.3) is 0 Å². The van der Waals surface area contributed by atoms with Crippen LogP contribution in [0, 0.1) is 6.92 Å². The summed E-state index contributed by atoms with van der Waals surface area (Å²) < 4.78 is 24.7. The van der Waals surface area contributed by atoms with Crippen molar-refractivity contribution in [2.75, 3.05) is 0 Å². The molecule has 3 heterocycles. The van der Waals surface area contributed by atoms with E-state index in [1.807, 2.05) is 23.6 Å². The molecule has 0 bridgehead atoms. The first-order valence-electron chi connectivity index (χ1n) is 7.61. The van der Waals surface area contributed by atoms with Gasteiger partial charge in [-0.15, -0.1) is 0 Å². The first kappa shape index (κ1) is 15.7. The number of hydrogen-bond donors (Lipinski definition) is 1. The lowest BCUT2D eigenvalue weighted by molar-refractivity contribution is 0.597. The van der Waals surface area contributed by atoms with Gasteiger partial charge in [0.1, 0.15) is 5.52 Å². The van der Waals surface area contributed by atoms with E-state index in [2.05, 4.69) is 15.0 Å². The van der Waals surface area contributed by atoms with Gasteiger partial charge in [-0.2, -0.15) is 0 Å². The van der Waals surface area contributed by atoms with Crippen LogP contribution in [-0.4, -0.2) is 27.9 Å². The summed E-state index contributed by atoms with van der Waals surface area (Å²) in [4.78, 5) is 13.3. The van der Waals surface area contributed by atoms with Crippen molar-refractivity contribution < 1.29 is 8.42 Å². The molecule has 0 saturated heterocycles. The molecule has 0 saturated carbocycles. The van der Waals surface area contributed by atoms with Gasteiger partial charge in [-0.25, -0.2) is 28.5 Å². The van der Waals surface area contributed by atoms with Gasteiger partial charge in [0.05, 0.1) is 22.9 Å². The van der Waals surface area contributed by atoms with Crippen LogP contribution in [0.25, 0.3) is 22.1 Å². The number of imidazole rings is 1. The van der Waals surface area contributed by atoms with Crippen LogP contribution in [0.5, 0.6) is 0 Å². The predicted octanol–water partition coefficient (Wildman–Crippen LogP) is 1.98. The number of hydrogen-bond acceptors (Lipinski definition) is 5. The third kappa shape index (κ3) is 2.86. The Bertz CT molecular complexity index is 1200. The summed E-state index contributed by atoms with van der Waals surface area (Å²) in [5.74, 6) is 0. The van der Waals surface area contributed by atoms with Crippen LogP contribution in [0.15, 0.2) is 53.8 Å². The average molecular weight is 353 g/mol. The molecule has 0 spiro atoms. The van der Waals surface area contributed by atoms with Gasteiger partial charge in [0, 0.05) is 17.6 Å². The molecule has 0 unspecified atom stereocenters. The summed E-state index contributed by atoms with van der Waals surface area (Å²) in [6.07, 6.45) is 3.46. The maximum absolute atomic E-state index is 11.4. The number of pyridine rings is 2. The summed E-state index contributed by atoms with van der Waals surface area (Å²) in [6, 6.07) is 10.5. The number of nitrogens with two attached hydrogens (primary N) is 1. The summed E-state index contributed by atoms with van der Waals surface area (Å²) in [6.45, 7) is 2.48. The molecule has 0 aliphatic heterocycles. The second-order valence-electron chi connectivity index (χ2n) is 5.88. The number of nitrogens with zero attached hydrogens (tertiary/aromatic N) is 4. The van der Waals surface area contributed by atoms with Crippen molar-refractivity contribution in [2.24, 2.45) is 5.14 Å². The summed E-state index contributed by atoms with van der Waals surface area (Å²) in [7, 11) is -3.68. The van der Waals surface area contributed by atoms with Crippen LogP contribution in [0.3, 0.4) is 0 Å². The lowest BCUT2D eigenvalue weighted by Crippen LogP contribution is -2.12. The fraction of sp³-hybridized carbons (Fsp3) is 0.118. The minimum absolute atomic E-state index is 0.0982. The SMILES string of the molecule is Cc1ccc2c(ncc3ncn(Cc4ccc(S(N)(=O)=O)cc4)c32)n1. The molecular weight excluding hydrogens is 338 g/mol. The normalized spacial score (nSPS) is 12.1. The Morgan fingerprint density at radius 1 is 1.08 bits per heavy atom. The number of aryl methyl sites for hydroxylation is 1. The van der Waals surface area contributed by atoms with Crippen molar-refractivity contribution >= 4 is 32.1 Å². The first-order valence-corrected chi connectivity index (χ1v) is 9.15. The topological polar surface area (TPSA) is 104 Å². The molecular formula is C17H15N5O2S. The second-order valence-corrected chi connectivity index (χ2v) is 7.44. The maximum Gasteiger partial charge on any atom is 0.238 e. The minimum Gasteiger partial charge on any atom is -0.325 e. The van der Waals surface area contributed by atoms with Gasteiger partial charge in [-0.1, -0.05) is 12.1 Å². The van der Waals surface area contributed by atoms with Crippen LogP contribution in [0.4, 0.5) is 0 Å². The zero-order valence-electron chi connectivity index (χ0n) is 13.4. The molecule has 0 aliphatic rings. The van der Waals surface area contributed by atoms with Crippen LogP contribution in [0.2, 0.25) is 0 Å². The Kier molecular flexibility index (Phi) is 3.52. The molecule has 7 nitrogen and oxygen atoms in total. The molecule has 25 heavy (non-hydrogen) atoms. The fourth-order valence-electron chi connectivity index (χ4n) is 2.83. The molecule has 8 heteroatoms. The van der Waals surface area contributed by atoms with Gasteiger partial charge >= 0.3 is 0 Å². The standard InChI is InChI=1S/C17H15N5O2S/c1-11-2-7-14-16-15(8-19-17(14)21-11)20-10-22(16)9-12-3-5-13(6-4-12)25(18,23)24/h2-8,10H,9H2,1H3,(H2,18,23,24). The van der Waals surface area contributed by atoms with Crippen LogP contribution < -0.4 is 5.14 Å². The molecule has 1 aromatic carbocycles. The van der Waals surface area contributed by atoms with Gasteiger partial charge in [0.15, 0.2) is 5.65 Å². The molecule has 2 N–H and O–H groups in total. The number of sulfonamides is 1. The molecule has 126 valence electrons.